The van der Waals surface area contributed by atoms with Crippen molar-refractivity contribution in [3.05, 3.63) is 0 Å². The maximum absolute atomic E-state index is 11.8. The molecule has 2 N–H and O–H groups in total. The zero-order valence-electron chi connectivity index (χ0n) is 16.9. The molecule has 2 fully saturated rings. The maximum atomic E-state index is 11.8. The largest absolute Gasteiger partial charge is 0.462 e. The zero-order valence-corrected chi connectivity index (χ0v) is 16.9. The molecule has 0 aliphatic carbocycles. The lowest BCUT2D eigenvalue weighted by Gasteiger charge is -2.27. The summed E-state index contributed by atoms with van der Waals surface area (Å²) in [6.07, 6.45) is 9.39. The number of carbonyl (C=O) groups excluding carboxylic acids is 2. The van der Waals surface area contributed by atoms with Crippen LogP contribution in [0.3, 0.4) is 0 Å². The van der Waals surface area contributed by atoms with E-state index in [0.717, 1.165) is 38.5 Å². The number of ether oxygens (including phenoxy) is 2. The quantitative estimate of drug-likeness (QED) is 0.403. The van der Waals surface area contributed by atoms with E-state index in [0.29, 0.717) is 64.7 Å². The predicted molar refractivity (Wildman–Crippen MR) is 102 cm³/mol. The van der Waals surface area contributed by atoms with Gasteiger partial charge in [-0.3, -0.25) is 9.59 Å². The Labute approximate surface area is 167 Å². The van der Waals surface area contributed by atoms with Gasteiger partial charge in [0, 0.05) is 39.0 Å². The highest BCUT2D eigenvalue weighted by Crippen LogP contribution is 2.16. The molecule has 0 aromatic rings. The van der Waals surface area contributed by atoms with Gasteiger partial charge in [0.15, 0.2) is 0 Å². The number of hydrogen-bond donors (Lipinski definition) is 2. The van der Waals surface area contributed by atoms with Gasteiger partial charge in [0.05, 0.1) is 0 Å². The van der Waals surface area contributed by atoms with E-state index in [1.165, 1.54) is 10.1 Å². The monoisotopic (exact) mass is 400 g/mol. The van der Waals surface area contributed by atoms with Crippen LogP contribution in [0.5, 0.6) is 0 Å². The molecule has 0 atom stereocenters. The van der Waals surface area contributed by atoms with Crippen molar-refractivity contribution >= 4 is 11.9 Å². The summed E-state index contributed by atoms with van der Waals surface area (Å²) in [5.41, 5.74) is 0. The summed E-state index contributed by atoms with van der Waals surface area (Å²) in [4.78, 5) is 23.6. The molecular weight excluding hydrogens is 364 g/mol. The van der Waals surface area contributed by atoms with E-state index >= 15 is 0 Å². The van der Waals surface area contributed by atoms with E-state index in [2.05, 4.69) is 0 Å². The highest BCUT2D eigenvalue weighted by atomic mass is 16.6. The molecule has 0 aromatic carbocycles. The van der Waals surface area contributed by atoms with E-state index in [1.54, 1.807) is 0 Å². The van der Waals surface area contributed by atoms with Gasteiger partial charge in [-0.15, -0.1) is 0 Å². The van der Waals surface area contributed by atoms with Gasteiger partial charge >= 0.3 is 11.9 Å². The molecule has 2 aliphatic heterocycles. The number of hydroxylamine groups is 4. The Hall–Kier alpha value is -1.22. The molecule has 2 aliphatic rings. The van der Waals surface area contributed by atoms with E-state index in [9.17, 15) is 20.0 Å². The number of esters is 2. The minimum atomic E-state index is -0.133. The first kappa shape index (κ1) is 23.1. The molecule has 0 spiro atoms. The van der Waals surface area contributed by atoms with Crippen LogP contribution in [-0.4, -0.2) is 70.9 Å². The molecule has 0 bridgehead atoms. The van der Waals surface area contributed by atoms with Gasteiger partial charge in [-0.05, 0) is 38.5 Å². The molecule has 0 radical (unpaired) electrons. The fourth-order valence-corrected chi connectivity index (χ4v) is 3.66. The van der Waals surface area contributed by atoms with Crippen molar-refractivity contribution in [1.29, 1.82) is 0 Å². The molecule has 162 valence electrons. The molecule has 2 heterocycles. The van der Waals surface area contributed by atoms with Crippen molar-refractivity contribution in [2.75, 3.05) is 26.2 Å². The smallest absolute Gasteiger partial charge is 0.306 e. The number of unbranched alkanes of at least 4 members (excludes halogenated alkanes) is 5. The van der Waals surface area contributed by atoms with Crippen LogP contribution >= 0.6 is 0 Å². The molecule has 8 heteroatoms. The second kappa shape index (κ2) is 13.1. The number of piperidine rings is 2. The molecule has 8 nitrogen and oxygen atoms in total. The molecule has 28 heavy (non-hydrogen) atoms. The van der Waals surface area contributed by atoms with Crippen molar-refractivity contribution in [2.45, 2.75) is 89.3 Å². The van der Waals surface area contributed by atoms with Crippen LogP contribution in [-0.2, 0) is 19.1 Å². The van der Waals surface area contributed by atoms with Crippen LogP contribution in [0.4, 0.5) is 0 Å². The third kappa shape index (κ3) is 9.82. The summed E-state index contributed by atoms with van der Waals surface area (Å²) in [6, 6.07) is 0. The molecule has 0 saturated carbocycles. The summed E-state index contributed by atoms with van der Waals surface area (Å²) < 4.78 is 10.9. The summed E-state index contributed by atoms with van der Waals surface area (Å²) in [7, 11) is 0. The van der Waals surface area contributed by atoms with Crippen LogP contribution in [0.15, 0.2) is 0 Å². The van der Waals surface area contributed by atoms with Gasteiger partial charge in [0.2, 0.25) is 0 Å². The lowest BCUT2D eigenvalue weighted by molar-refractivity contribution is -0.162. The van der Waals surface area contributed by atoms with Gasteiger partial charge in [0.1, 0.15) is 12.2 Å². The standard InChI is InChI=1S/C20H36N2O6/c23-19(27-17-9-13-21(25)14-10-17)7-5-3-1-2-4-6-8-20(24)28-18-11-15-22(26)16-12-18/h17-18,25-26H,1-16H2. The Balaban J connectivity index is 1.37. The lowest BCUT2D eigenvalue weighted by Crippen LogP contribution is -2.35. The van der Waals surface area contributed by atoms with Crippen molar-refractivity contribution in [1.82, 2.24) is 10.1 Å². The highest BCUT2D eigenvalue weighted by molar-refractivity contribution is 5.69. The summed E-state index contributed by atoms with van der Waals surface area (Å²) in [5.74, 6) is -0.266. The van der Waals surface area contributed by atoms with Crippen LogP contribution in [0.1, 0.15) is 77.0 Å². The lowest BCUT2D eigenvalue weighted by atomic mass is 10.1. The molecule has 2 saturated heterocycles. The normalized spacial score (nSPS) is 20.2. The predicted octanol–water partition coefficient (Wildman–Crippen LogP) is 2.90. The number of nitrogens with zero attached hydrogens (tertiary/aromatic N) is 2. The highest BCUT2D eigenvalue weighted by Gasteiger charge is 2.22. The Morgan fingerprint density at radius 3 is 1.32 bits per heavy atom. The fourth-order valence-electron chi connectivity index (χ4n) is 3.66. The summed E-state index contributed by atoms with van der Waals surface area (Å²) in [6.45, 7) is 2.25. The van der Waals surface area contributed by atoms with Crippen LogP contribution in [0.2, 0.25) is 0 Å². The van der Waals surface area contributed by atoms with Crippen LogP contribution < -0.4 is 0 Å². The number of hydrogen-bond acceptors (Lipinski definition) is 8. The third-order valence-corrected chi connectivity index (χ3v) is 5.44. The zero-order chi connectivity index (χ0) is 20.2. The van der Waals surface area contributed by atoms with Gasteiger partial charge in [-0.2, -0.15) is 10.1 Å². The van der Waals surface area contributed by atoms with E-state index in [-0.39, 0.29) is 24.1 Å². The average molecular weight is 401 g/mol. The molecule has 0 unspecified atom stereocenters. The molecule has 0 amide bonds. The number of rotatable bonds is 11. The van der Waals surface area contributed by atoms with E-state index in [4.69, 9.17) is 9.47 Å². The van der Waals surface area contributed by atoms with Gasteiger partial charge in [-0.1, -0.05) is 25.7 Å². The Bertz CT molecular complexity index is 418. The van der Waals surface area contributed by atoms with Crippen LogP contribution in [0.25, 0.3) is 0 Å². The fraction of sp³-hybridized carbons (Fsp3) is 0.900. The summed E-state index contributed by atoms with van der Waals surface area (Å²) >= 11 is 0. The summed E-state index contributed by atoms with van der Waals surface area (Å²) in [5, 5.41) is 21.1. The first-order valence-electron chi connectivity index (χ1n) is 10.8. The first-order chi connectivity index (χ1) is 13.5. The Kier molecular flexibility index (Phi) is 10.8. The Morgan fingerprint density at radius 2 is 0.964 bits per heavy atom. The minimum absolute atomic E-state index is 0.0492. The minimum Gasteiger partial charge on any atom is -0.462 e. The third-order valence-electron chi connectivity index (χ3n) is 5.44. The average Bonchev–Trinajstić information content (AvgIpc) is 2.67. The molecule has 2 rings (SSSR count). The van der Waals surface area contributed by atoms with Crippen molar-refractivity contribution in [3.8, 4) is 0 Å². The maximum Gasteiger partial charge on any atom is 0.306 e. The van der Waals surface area contributed by atoms with E-state index < -0.39 is 0 Å². The molecular formula is C20H36N2O6. The van der Waals surface area contributed by atoms with Crippen molar-refractivity contribution < 1.29 is 29.5 Å². The topological polar surface area (TPSA) is 99.5 Å². The second-order valence-corrected chi connectivity index (χ2v) is 7.91. The van der Waals surface area contributed by atoms with Crippen molar-refractivity contribution in [2.24, 2.45) is 0 Å². The van der Waals surface area contributed by atoms with Crippen molar-refractivity contribution in [3.63, 3.8) is 0 Å². The number of carbonyl (C=O) groups is 2. The van der Waals surface area contributed by atoms with E-state index in [1.807, 2.05) is 0 Å². The molecule has 0 aromatic heterocycles. The Morgan fingerprint density at radius 1 is 0.643 bits per heavy atom. The second-order valence-electron chi connectivity index (χ2n) is 7.91. The van der Waals surface area contributed by atoms with Gasteiger partial charge in [0.25, 0.3) is 0 Å². The van der Waals surface area contributed by atoms with Gasteiger partial charge < -0.3 is 19.9 Å². The first-order valence-corrected chi connectivity index (χ1v) is 10.8. The van der Waals surface area contributed by atoms with Crippen LogP contribution in [0, 0.1) is 0 Å². The van der Waals surface area contributed by atoms with Gasteiger partial charge in [-0.25, -0.2) is 0 Å². The SMILES string of the molecule is O=C(CCCCCCCCC(=O)OC1CCN(O)CC1)OC1CCN(O)CC1.